The lowest BCUT2D eigenvalue weighted by molar-refractivity contribution is -0.0934. The van der Waals surface area contributed by atoms with E-state index in [-0.39, 0.29) is 6.10 Å². The Morgan fingerprint density at radius 3 is 3.11 bits per heavy atom. The van der Waals surface area contributed by atoms with Crippen LogP contribution >= 0.6 is 27.5 Å². The molecular weight excluding hydrogens is 334 g/mol. The van der Waals surface area contributed by atoms with E-state index >= 15 is 0 Å². The highest BCUT2D eigenvalue weighted by Crippen LogP contribution is 2.20. The normalized spacial score (nSPS) is 20.0. The van der Waals surface area contributed by atoms with Crippen LogP contribution in [0.25, 0.3) is 11.2 Å². The number of halogens is 2. The van der Waals surface area contributed by atoms with E-state index in [0.717, 1.165) is 21.5 Å². The summed E-state index contributed by atoms with van der Waals surface area (Å²) in [6.07, 6.45) is 1.79. The van der Waals surface area contributed by atoms with Gasteiger partial charge in [0.15, 0.2) is 5.65 Å². The molecular formula is C12H13BrClN3O2. The molecule has 102 valence electrons. The Morgan fingerprint density at radius 1 is 1.47 bits per heavy atom. The molecule has 1 aliphatic rings. The van der Waals surface area contributed by atoms with Crippen LogP contribution in [0, 0.1) is 0 Å². The summed E-state index contributed by atoms with van der Waals surface area (Å²) in [5.41, 5.74) is 1.66. The van der Waals surface area contributed by atoms with Crippen molar-refractivity contribution in [1.82, 2.24) is 14.5 Å². The van der Waals surface area contributed by atoms with Gasteiger partial charge in [-0.05, 0) is 22.0 Å². The van der Waals surface area contributed by atoms with Gasteiger partial charge in [-0.15, -0.1) is 11.6 Å². The highest BCUT2D eigenvalue weighted by Gasteiger charge is 2.19. The summed E-state index contributed by atoms with van der Waals surface area (Å²) in [4.78, 5) is 8.91. The number of ether oxygens (including phenoxy) is 2. The number of pyridine rings is 1. The zero-order valence-corrected chi connectivity index (χ0v) is 12.5. The van der Waals surface area contributed by atoms with Gasteiger partial charge in [0.05, 0.1) is 38.3 Å². The van der Waals surface area contributed by atoms with Gasteiger partial charge < -0.3 is 14.0 Å². The van der Waals surface area contributed by atoms with Gasteiger partial charge in [0.25, 0.3) is 0 Å². The number of nitrogens with zero attached hydrogens (tertiary/aromatic N) is 3. The summed E-state index contributed by atoms with van der Waals surface area (Å²) in [5.74, 6) is 1.15. The van der Waals surface area contributed by atoms with Crippen molar-refractivity contribution < 1.29 is 9.47 Å². The van der Waals surface area contributed by atoms with Crippen molar-refractivity contribution in [2.45, 2.75) is 18.5 Å². The minimum atomic E-state index is 0.0264. The lowest BCUT2D eigenvalue weighted by Crippen LogP contribution is -2.32. The fourth-order valence-corrected chi connectivity index (χ4v) is 2.70. The number of rotatable bonds is 3. The number of aromatic nitrogens is 3. The van der Waals surface area contributed by atoms with E-state index in [1.165, 1.54) is 0 Å². The third kappa shape index (κ3) is 2.76. The molecule has 1 saturated heterocycles. The van der Waals surface area contributed by atoms with Crippen molar-refractivity contribution in [3.8, 4) is 0 Å². The Labute approximate surface area is 124 Å². The molecule has 0 N–H and O–H groups in total. The number of hydrogen-bond acceptors (Lipinski definition) is 4. The van der Waals surface area contributed by atoms with Gasteiger partial charge in [0.2, 0.25) is 0 Å². The lowest BCUT2D eigenvalue weighted by atomic mass is 10.3. The van der Waals surface area contributed by atoms with Crippen LogP contribution in [0.1, 0.15) is 5.82 Å². The van der Waals surface area contributed by atoms with E-state index in [9.17, 15) is 0 Å². The molecule has 7 heteroatoms. The zero-order chi connectivity index (χ0) is 13.2. The van der Waals surface area contributed by atoms with Crippen molar-refractivity contribution in [2.24, 2.45) is 0 Å². The third-order valence-electron chi connectivity index (χ3n) is 3.02. The maximum atomic E-state index is 5.97. The van der Waals surface area contributed by atoms with Gasteiger partial charge in [0, 0.05) is 10.7 Å². The molecule has 3 heterocycles. The van der Waals surface area contributed by atoms with Gasteiger partial charge in [-0.1, -0.05) is 0 Å². The number of fused-ring (bicyclic) bond motifs is 1. The summed E-state index contributed by atoms with van der Waals surface area (Å²) in [7, 11) is 0. The second kappa shape index (κ2) is 5.75. The summed E-state index contributed by atoms with van der Waals surface area (Å²) in [5, 5.41) is 0. The minimum absolute atomic E-state index is 0.0264. The van der Waals surface area contributed by atoms with Crippen LogP contribution in [0.3, 0.4) is 0 Å². The molecule has 0 aromatic carbocycles. The molecule has 1 atom stereocenters. The van der Waals surface area contributed by atoms with Crippen molar-refractivity contribution >= 4 is 38.7 Å². The van der Waals surface area contributed by atoms with Crippen LogP contribution < -0.4 is 0 Å². The van der Waals surface area contributed by atoms with Crippen molar-refractivity contribution in [3.63, 3.8) is 0 Å². The van der Waals surface area contributed by atoms with Gasteiger partial charge in [0.1, 0.15) is 11.3 Å². The molecule has 0 saturated carbocycles. The summed E-state index contributed by atoms with van der Waals surface area (Å²) in [6, 6.07) is 1.94. The van der Waals surface area contributed by atoms with E-state index in [0.29, 0.717) is 32.2 Å². The topological polar surface area (TPSA) is 49.2 Å². The fourth-order valence-electron chi connectivity index (χ4n) is 2.17. The highest BCUT2D eigenvalue weighted by atomic mass is 79.9. The van der Waals surface area contributed by atoms with Crippen LogP contribution in [0.4, 0.5) is 0 Å². The third-order valence-corrected chi connectivity index (χ3v) is 3.69. The maximum Gasteiger partial charge on any atom is 0.160 e. The molecule has 19 heavy (non-hydrogen) atoms. The summed E-state index contributed by atoms with van der Waals surface area (Å²) >= 11 is 9.36. The molecule has 0 radical (unpaired) electrons. The van der Waals surface area contributed by atoms with E-state index in [2.05, 4.69) is 25.9 Å². The molecule has 1 unspecified atom stereocenters. The Hall–Kier alpha value is -0.690. The largest absolute Gasteiger partial charge is 0.376 e. The smallest absolute Gasteiger partial charge is 0.160 e. The monoisotopic (exact) mass is 345 g/mol. The zero-order valence-electron chi connectivity index (χ0n) is 10.2. The quantitative estimate of drug-likeness (QED) is 0.801. The van der Waals surface area contributed by atoms with Gasteiger partial charge in [-0.2, -0.15) is 0 Å². The minimum Gasteiger partial charge on any atom is -0.376 e. The van der Waals surface area contributed by atoms with Crippen LogP contribution in [-0.4, -0.2) is 40.5 Å². The van der Waals surface area contributed by atoms with Crippen LogP contribution in [0.15, 0.2) is 16.7 Å². The molecule has 5 nitrogen and oxygen atoms in total. The average Bonchev–Trinajstić information content (AvgIpc) is 2.77. The molecule has 3 rings (SSSR count). The number of hydrogen-bond donors (Lipinski definition) is 0. The van der Waals surface area contributed by atoms with Crippen molar-refractivity contribution in [2.75, 3.05) is 19.8 Å². The lowest BCUT2D eigenvalue weighted by Gasteiger charge is -2.23. The molecule has 1 aliphatic heterocycles. The van der Waals surface area contributed by atoms with Gasteiger partial charge >= 0.3 is 0 Å². The Kier molecular flexibility index (Phi) is 4.02. The van der Waals surface area contributed by atoms with Gasteiger partial charge in [-0.3, -0.25) is 0 Å². The second-order valence-corrected chi connectivity index (χ2v) is 5.52. The van der Waals surface area contributed by atoms with Crippen molar-refractivity contribution in [1.29, 1.82) is 0 Å². The SMILES string of the molecule is ClCc1nc2cc(Br)cnc2n1CC1COCCO1. The average molecular weight is 347 g/mol. The number of alkyl halides is 1. The van der Waals surface area contributed by atoms with Crippen molar-refractivity contribution in [3.05, 3.63) is 22.6 Å². The first-order chi connectivity index (χ1) is 9.28. The first kappa shape index (κ1) is 13.3. The molecule has 1 fully saturated rings. The first-order valence-corrected chi connectivity index (χ1v) is 7.36. The summed E-state index contributed by atoms with van der Waals surface area (Å²) < 4.78 is 14.0. The fraction of sp³-hybridized carbons (Fsp3) is 0.500. The van der Waals surface area contributed by atoms with Crippen LogP contribution in [-0.2, 0) is 21.9 Å². The second-order valence-electron chi connectivity index (χ2n) is 4.34. The first-order valence-electron chi connectivity index (χ1n) is 6.04. The standard InChI is InChI=1S/C12H13BrClN3O2/c13-8-3-10-12(15-5-8)17(11(4-14)16-10)6-9-7-18-1-2-19-9/h3,5,9H,1-2,4,6-7H2. The van der Waals surface area contributed by atoms with E-state index in [1.807, 2.05) is 10.6 Å². The number of imidazole rings is 1. The molecule has 2 aromatic rings. The predicted octanol–water partition coefficient (Wildman–Crippen LogP) is 2.35. The summed E-state index contributed by atoms with van der Waals surface area (Å²) in [6.45, 7) is 2.55. The van der Waals surface area contributed by atoms with E-state index in [4.69, 9.17) is 21.1 Å². The Morgan fingerprint density at radius 2 is 2.37 bits per heavy atom. The molecule has 0 aliphatic carbocycles. The maximum absolute atomic E-state index is 5.97. The Bertz CT molecular complexity index is 584. The van der Waals surface area contributed by atoms with E-state index in [1.54, 1.807) is 6.20 Å². The predicted molar refractivity (Wildman–Crippen MR) is 75.3 cm³/mol. The molecule has 2 aromatic heterocycles. The van der Waals surface area contributed by atoms with Crippen LogP contribution in [0.2, 0.25) is 0 Å². The van der Waals surface area contributed by atoms with E-state index < -0.39 is 0 Å². The Balaban J connectivity index is 1.95. The molecule has 0 spiro atoms. The van der Waals surface area contributed by atoms with Crippen LogP contribution in [0.5, 0.6) is 0 Å². The molecule has 0 amide bonds. The molecule has 0 bridgehead atoms. The highest BCUT2D eigenvalue weighted by molar-refractivity contribution is 9.10. The van der Waals surface area contributed by atoms with Gasteiger partial charge in [-0.25, -0.2) is 9.97 Å².